The lowest BCUT2D eigenvalue weighted by Gasteiger charge is -2.31. The van der Waals surface area contributed by atoms with Crippen molar-refractivity contribution in [3.63, 3.8) is 0 Å². The van der Waals surface area contributed by atoms with Crippen LogP contribution in [0.4, 0.5) is 0 Å². The predicted molar refractivity (Wildman–Crippen MR) is 65.1 cm³/mol. The molecule has 0 bridgehead atoms. The number of rotatable bonds is 6. The maximum absolute atomic E-state index is 3.74. The highest BCUT2D eigenvalue weighted by Gasteiger charge is 2.31. The van der Waals surface area contributed by atoms with E-state index in [-0.39, 0.29) is 0 Å². The number of nitrogens with zero attached hydrogens (tertiary/aromatic N) is 1. The summed E-state index contributed by atoms with van der Waals surface area (Å²) in [4.78, 5) is 2.68. The summed E-state index contributed by atoms with van der Waals surface area (Å²) in [7, 11) is 0. The first kappa shape index (κ1) is 11.4. The largest absolute Gasteiger partial charge is 0.312 e. The first-order valence-corrected chi connectivity index (χ1v) is 6.86. The van der Waals surface area contributed by atoms with Gasteiger partial charge in [0.15, 0.2) is 0 Å². The van der Waals surface area contributed by atoms with Crippen molar-refractivity contribution in [3.05, 3.63) is 0 Å². The van der Waals surface area contributed by atoms with Crippen LogP contribution in [0.3, 0.4) is 0 Å². The smallest absolute Gasteiger partial charge is 0.0223 e. The minimum atomic E-state index is 0.794. The number of piperidine rings is 1. The van der Waals surface area contributed by atoms with Crippen molar-refractivity contribution in [2.45, 2.75) is 51.5 Å². The summed E-state index contributed by atoms with van der Waals surface area (Å²) in [5.74, 6) is 0.999. The van der Waals surface area contributed by atoms with Gasteiger partial charge in [-0.05, 0) is 57.7 Å². The van der Waals surface area contributed by atoms with Crippen LogP contribution in [0.15, 0.2) is 0 Å². The van der Waals surface area contributed by atoms with Crippen molar-refractivity contribution in [2.24, 2.45) is 5.92 Å². The van der Waals surface area contributed by atoms with Crippen molar-refractivity contribution >= 4 is 0 Å². The zero-order valence-electron chi connectivity index (χ0n) is 10.2. The van der Waals surface area contributed by atoms with Crippen molar-refractivity contribution in [3.8, 4) is 0 Å². The minimum absolute atomic E-state index is 0.794. The van der Waals surface area contributed by atoms with Gasteiger partial charge in [-0.15, -0.1) is 0 Å². The van der Waals surface area contributed by atoms with E-state index in [2.05, 4.69) is 17.1 Å². The molecule has 0 aromatic carbocycles. The Kier molecular flexibility index (Phi) is 4.45. The fraction of sp³-hybridized carbons (Fsp3) is 1.00. The standard InChI is InChI=1S/C13H26N2/c1-2-8-14-13(12-6-7-12)11-15-9-4-3-5-10-15/h12-14H,2-11H2,1H3. The molecule has 1 saturated carbocycles. The van der Waals surface area contributed by atoms with Gasteiger partial charge in [0.25, 0.3) is 0 Å². The van der Waals surface area contributed by atoms with Gasteiger partial charge >= 0.3 is 0 Å². The zero-order chi connectivity index (χ0) is 10.5. The molecule has 1 aliphatic carbocycles. The van der Waals surface area contributed by atoms with Crippen molar-refractivity contribution < 1.29 is 0 Å². The van der Waals surface area contributed by atoms with Crippen molar-refractivity contribution in [2.75, 3.05) is 26.2 Å². The van der Waals surface area contributed by atoms with Crippen molar-refractivity contribution in [1.82, 2.24) is 10.2 Å². The van der Waals surface area contributed by atoms with Crippen LogP contribution in [0.25, 0.3) is 0 Å². The Morgan fingerprint density at radius 1 is 1.20 bits per heavy atom. The third-order valence-electron chi connectivity index (χ3n) is 3.75. The molecule has 2 rings (SSSR count). The molecule has 2 fully saturated rings. The van der Waals surface area contributed by atoms with Crippen LogP contribution >= 0.6 is 0 Å². The summed E-state index contributed by atoms with van der Waals surface area (Å²) >= 11 is 0. The molecule has 2 aliphatic rings. The quantitative estimate of drug-likeness (QED) is 0.723. The third-order valence-corrected chi connectivity index (χ3v) is 3.75. The third kappa shape index (κ3) is 3.76. The Morgan fingerprint density at radius 2 is 1.93 bits per heavy atom. The van der Waals surface area contributed by atoms with Gasteiger partial charge in [-0.1, -0.05) is 13.3 Å². The number of hydrogen-bond donors (Lipinski definition) is 1. The highest BCUT2D eigenvalue weighted by molar-refractivity contribution is 4.88. The summed E-state index contributed by atoms with van der Waals surface area (Å²) in [5.41, 5.74) is 0. The molecule has 1 atom stereocenters. The molecule has 1 N–H and O–H groups in total. The SMILES string of the molecule is CCCNC(CN1CCCCC1)C1CC1. The molecule has 0 amide bonds. The maximum Gasteiger partial charge on any atom is 0.0223 e. The van der Waals surface area contributed by atoms with Crippen LogP contribution in [-0.2, 0) is 0 Å². The highest BCUT2D eigenvalue weighted by atomic mass is 15.2. The molecule has 2 nitrogen and oxygen atoms in total. The molecule has 1 aliphatic heterocycles. The number of nitrogens with one attached hydrogen (secondary N) is 1. The molecule has 0 aromatic rings. The lowest BCUT2D eigenvalue weighted by molar-refractivity contribution is 0.197. The van der Waals surface area contributed by atoms with Crippen LogP contribution in [0, 0.1) is 5.92 Å². The summed E-state index contributed by atoms with van der Waals surface area (Å²) < 4.78 is 0. The van der Waals surface area contributed by atoms with Gasteiger partial charge < -0.3 is 10.2 Å². The van der Waals surface area contributed by atoms with E-state index in [0.29, 0.717) is 0 Å². The second-order valence-electron chi connectivity index (χ2n) is 5.26. The van der Waals surface area contributed by atoms with Crippen LogP contribution in [-0.4, -0.2) is 37.1 Å². The van der Waals surface area contributed by atoms with Gasteiger partial charge in [0.2, 0.25) is 0 Å². The lowest BCUT2D eigenvalue weighted by Crippen LogP contribution is -2.44. The predicted octanol–water partition coefficient (Wildman–Crippen LogP) is 2.25. The van der Waals surface area contributed by atoms with Gasteiger partial charge in [0.1, 0.15) is 0 Å². The van der Waals surface area contributed by atoms with Crippen LogP contribution in [0.5, 0.6) is 0 Å². The van der Waals surface area contributed by atoms with Gasteiger partial charge in [0, 0.05) is 12.6 Å². The molecular formula is C13H26N2. The van der Waals surface area contributed by atoms with E-state index in [0.717, 1.165) is 12.0 Å². The second kappa shape index (κ2) is 5.86. The molecule has 1 unspecified atom stereocenters. The van der Waals surface area contributed by atoms with E-state index in [1.165, 1.54) is 64.7 Å². The molecule has 1 saturated heterocycles. The van der Waals surface area contributed by atoms with E-state index in [4.69, 9.17) is 0 Å². The molecule has 15 heavy (non-hydrogen) atoms. The van der Waals surface area contributed by atoms with E-state index >= 15 is 0 Å². The normalized spacial score (nSPS) is 25.4. The summed E-state index contributed by atoms with van der Waals surface area (Å²) in [6.07, 6.45) is 8.50. The van der Waals surface area contributed by atoms with Gasteiger partial charge in [0.05, 0.1) is 0 Å². The van der Waals surface area contributed by atoms with E-state index in [1.807, 2.05) is 0 Å². The van der Waals surface area contributed by atoms with Gasteiger partial charge in [-0.3, -0.25) is 0 Å². The first-order chi connectivity index (χ1) is 7.40. The number of likely N-dealkylation sites (tertiary alicyclic amines) is 1. The zero-order valence-corrected chi connectivity index (χ0v) is 10.2. The Balaban J connectivity index is 1.72. The Labute approximate surface area is 94.4 Å². The molecule has 0 radical (unpaired) electrons. The van der Waals surface area contributed by atoms with E-state index in [9.17, 15) is 0 Å². The van der Waals surface area contributed by atoms with Gasteiger partial charge in [-0.2, -0.15) is 0 Å². The fourth-order valence-corrected chi connectivity index (χ4v) is 2.63. The lowest BCUT2D eigenvalue weighted by atomic mass is 10.1. The average Bonchev–Trinajstić information content (AvgIpc) is 3.09. The Bertz CT molecular complexity index is 171. The molecule has 0 spiro atoms. The Hall–Kier alpha value is -0.0800. The van der Waals surface area contributed by atoms with Crippen molar-refractivity contribution in [1.29, 1.82) is 0 Å². The van der Waals surface area contributed by atoms with Gasteiger partial charge in [-0.25, -0.2) is 0 Å². The maximum atomic E-state index is 3.74. The summed E-state index contributed by atoms with van der Waals surface area (Å²) in [6, 6.07) is 0.794. The highest BCUT2D eigenvalue weighted by Crippen LogP contribution is 2.33. The molecule has 2 heteroatoms. The monoisotopic (exact) mass is 210 g/mol. The molecular weight excluding hydrogens is 184 g/mol. The molecule has 1 heterocycles. The average molecular weight is 210 g/mol. The fourth-order valence-electron chi connectivity index (χ4n) is 2.63. The van der Waals surface area contributed by atoms with Crippen LogP contribution in [0.1, 0.15) is 45.4 Å². The van der Waals surface area contributed by atoms with Crippen LogP contribution < -0.4 is 5.32 Å². The topological polar surface area (TPSA) is 15.3 Å². The second-order valence-corrected chi connectivity index (χ2v) is 5.26. The summed E-state index contributed by atoms with van der Waals surface area (Å²) in [6.45, 7) is 7.46. The minimum Gasteiger partial charge on any atom is -0.312 e. The van der Waals surface area contributed by atoms with E-state index in [1.54, 1.807) is 0 Å². The molecule has 88 valence electrons. The Morgan fingerprint density at radius 3 is 2.53 bits per heavy atom. The van der Waals surface area contributed by atoms with Crippen LogP contribution in [0.2, 0.25) is 0 Å². The summed E-state index contributed by atoms with van der Waals surface area (Å²) in [5, 5.41) is 3.74. The first-order valence-electron chi connectivity index (χ1n) is 6.86. The number of hydrogen-bond acceptors (Lipinski definition) is 2. The van der Waals surface area contributed by atoms with E-state index < -0.39 is 0 Å². The molecule has 0 aromatic heterocycles.